The first-order valence-corrected chi connectivity index (χ1v) is 5.33. The molecule has 0 saturated heterocycles. The highest BCUT2D eigenvalue weighted by Crippen LogP contribution is 2.25. The Balaban J connectivity index is 2.31. The van der Waals surface area contributed by atoms with Gasteiger partial charge in [0.2, 0.25) is 0 Å². The van der Waals surface area contributed by atoms with Crippen molar-refractivity contribution in [2.75, 3.05) is 7.11 Å². The van der Waals surface area contributed by atoms with Crippen molar-refractivity contribution in [3.63, 3.8) is 0 Å². The van der Waals surface area contributed by atoms with Gasteiger partial charge in [0.25, 0.3) is 0 Å². The van der Waals surface area contributed by atoms with Gasteiger partial charge in [-0.15, -0.1) is 0 Å². The molecule has 0 fully saturated rings. The largest absolute Gasteiger partial charge is 0.508 e. The van der Waals surface area contributed by atoms with Gasteiger partial charge in [-0.1, -0.05) is 18.2 Å². The fourth-order valence-corrected chi connectivity index (χ4v) is 1.83. The summed E-state index contributed by atoms with van der Waals surface area (Å²) in [5, 5.41) is 18.8. The minimum Gasteiger partial charge on any atom is -0.508 e. The van der Waals surface area contributed by atoms with Crippen LogP contribution in [0, 0.1) is 0 Å². The Morgan fingerprint density at radius 3 is 2.29 bits per heavy atom. The van der Waals surface area contributed by atoms with E-state index in [0.29, 0.717) is 6.42 Å². The highest BCUT2D eigenvalue weighted by Gasteiger charge is 2.05. The summed E-state index contributed by atoms with van der Waals surface area (Å²) in [4.78, 5) is 0. The second kappa shape index (κ2) is 4.78. The first-order chi connectivity index (χ1) is 8.19. The van der Waals surface area contributed by atoms with Crippen LogP contribution < -0.4 is 4.74 Å². The molecule has 0 amide bonds. The third-order valence-electron chi connectivity index (χ3n) is 2.55. The van der Waals surface area contributed by atoms with E-state index in [-0.39, 0.29) is 11.5 Å². The Kier molecular flexibility index (Phi) is 3.19. The second-order valence-corrected chi connectivity index (χ2v) is 3.85. The zero-order valence-corrected chi connectivity index (χ0v) is 9.55. The molecule has 0 unspecified atom stereocenters. The first kappa shape index (κ1) is 11.3. The Morgan fingerprint density at radius 2 is 1.65 bits per heavy atom. The van der Waals surface area contributed by atoms with E-state index in [9.17, 15) is 10.2 Å². The van der Waals surface area contributed by atoms with Gasteiger partial charge in [-0.2, -0.15) is 0 Å². The number of ether oxygens (including phenoxy) is 1. The predicted octanol–water partition coefficient (Wildman–Crippen LogP) is 2.70. The van der Waals surface area contributed by atoms with Crippen LogP contribution in [0.25, 0.3) is 0 Å². The molecular weight excluding hydrogens is 216 g/mol. The first-order valence-electron chi connectivity index (χ1n) is 5.33. The summed E-state index contributed by atoms with van der Waals surface area (Å²) in [5.41, 5.74) is 1.85. The van der Waals surface area contributed by atoms with E-state index < -0.39 is 0 Å². The average Bonchev–Trinajstić information content (AvgIpc) is 2.28. The number of phenolic OH excluding ortho intramolecular Hbond substituents is 2. The highest BCUT2D eigenvalue weighted by molar-refractivity contribution is 5.42. The Morgan fingerprint density at radius 1 is 1.00 bits per heavy atom. The van der Waals surface area contributed by atoms with Crippen LogP contribution in [-0.4, -0.2) is 17.3 Å². The predicted molar refractivity (Wildman–Crippen MR) is 65.6 cm³/mol. The van der Waals surface area contributed by atoms with Crippen molar-refractivity contribution < 1.29 is 14.9 Å². The molecular formula is C14H14O3. The Bertz CT molecular complexity index is 500. The fraction of sp³-hybridized carbons (Fsp3) is 0.143. The van der Waals surface area contributed by atoms with Gasteiger partial charge in [0, 0.05) is 12.5 Å². The molecule has 3 nitrogen and oxygen atoms in total. The molecule has 0 aromatic heterocycles. The summed E-state index contributed by atoms with van der Waals surface area (Å²) < 4.78 is 5.25. The van der Waals surface area contributed by atoms with E-state index in [0.717, 1.165) is 16.9 Å². The van der Waals surface area contributed by atoms with E-state index in [2.05, 4.69) is 0 Å². The molecule has 0 heterocycles. The molecule has 2 rings (SSSR count). The minimum atomic E-state index is 0.0647. The number of aromatic hydroxyl groups is 2. The van der Waals surface area contributed by atoms with Crippen molar-refractivity contribution in [1.29, 1.82) is 0 Å². The molecule has 0 atom stereocenters. The van der Waals surface area contributed by atoms with Crippen LogP contribution in [0.2, 0.25) is 0 Å². The molecule has 2 aromatic carbocycles. The van der Waals surface area contributed by atoms with E-state index in [4.69, 9.17) is 4.74 Å². The maximum absolute atomic E-state index is 9.41. The van der Waals surface area contributed by atoms with Crippen LogP contribution in [0.5, 0.6) is 17.2 Å². The fourth-order valence-electron chi connectivity index (χ4n) is 1.83. The summed E-state index contributed by atoms with van der Waals surface area (Å²) in [5.74, 6) is 0.931. The van der Waals surface area contributed by atoms with Crippen molar-refractivity contribution in [3.05, 3.63) is 53.6 Å². The van der Waals surface area contributed by atoms with Crippen molar-refractivity contribution >= 4 is 0 Å². The number of benzene rings is 2. The zero-order valence-electron chi connectivity index (χ0n) is 9.55. The Hall–Kier alpha value is -2.16. The smallest absolute Gasteiger partial charge is 0.122 e. The normalized spacial score (nSPS) is 10.2. The number of hydrogen-bond donors (Lipinski definition) is 2. The molecule has 3 heteroatoms. The molecule has 2 N–H and O–H groups in total. The molecule has 2 aromatic rings. The summed E-state index contributed by atoms with van der Waals surface area (Å²) in [7, 11) is 1.62. The summed E-state index contributed by atoms with van der Waals surface area (Å²) in [6.45, 7) is 0. The molecule has 0 aliphatic rings. The van der Waals surface area contributed by atoms with Gasteiger partial charge in [0.1, 0.15) is 17.2 Å². The molecule has 0 aliphatic carbocycles. The average molecular weight is 230 g/mol. The zero-order chi connectivity index (χ0) is 12.3. The molecule has 0 spiro atoms. The lowest BCUT2D eigenvalue weighted by Gasteiger charge is -2.08. The summed E-state index contributed by atoms with van der Waals surface area (Å²) >= 11 is 0. The number of para-hydroxylation sites is 1. The molecule has 88 valence electrons. The summed E-state index contributed by atoms with van der Waals surface area (Å²) in [6.07, 6.45) is 0.603. The van der Waals surface area contributed by atoms with E-state index in [1.807, 2.05) is 24.3 Å². The molecule has 17 heavy (non-hydrogen) atoms. The number of methoxy groups -OCH3 is 1. The monoisotopic (exact) mass is 230 g/mol. The van der Waals surface area contributed by atoms with Crippen LogP contribution in [0.3, 0.4) is 0 Å². The van der Waals surface area contributed by atoms with Crippen molar-refractivity contribution in [1.82, 2.24) is 0 Å². The lowest BCUT2D eigenvalue weighted by atomic mass is 10.0. The summed E-state index contributed by atoms with van der Waals surface area (Å²) in [6, 6.07) is 12.3. The SMILES string of the molecule is COc1ccccc1Cc1cc(O)cc(O)c1. The van der Waals surface area contributed by atoms with Gasteiger partial charge < -0.3 is 14.9 Å². The maximum atomic E-state index is 9.41. The van der Waals surface area contributed by atoms with Crippen LogP contribution in [0.4, 0.5) is 0 Å². The van der Waals surface area contributed by atoms with Crippen molar-refractivity contribution in [2.24, 2.45) is 0 Å². The van der Waals surface area contributed by atoms with Gasteiger partial charge in [-0.25, -0.2) is 0 Å². The van der Waals surface area contributed by atoms with Crippen LogP contribution >= 0.6 is 0 Å². The third-order valence-corrected chi connectivity index (χ3v) is 2.55. The Labute approximate surface area is 99.9 Å². The quantitative estimate of drug-likeness (QED) is 0.852. The van der Waals surface area contributed by atoms with Gasteiger partial charge in [0.15, 0.2) is 0 Å². The molecule has 0 bridgehead atoms. The highest BCUT2D eigenvalue weighted by atomic mass is 16.5. The lowest BCUT2D eigenvalue weighted by Crippen LogP contribution is -1.93. The van der Waals surface area contributed by atoms with Gasteiger partial charge in [0.05, 0.1) is 7.11 Å². The molecule has 0 radical (unpaired) electrons. The van der Waals surface area contributed by atoms with Gasteiger partial charge in [-0.3, -0.25) is 0 Å². The van der Waals surface area contributed by atoms with Crippen LogP contribution in [0.1, 0.15) is 11.1 Å². The van der Waals surface area contributed by atoms with Crippen molar-refractivity contribution in [2.45, 2.75) is 6.42 Å². The molecule has 0 saturated carbocycles. The van der Waals surface area contributed by atoms with Crippen molar-refractivity contribution in [3.8, 4) is 17.2 Å². The topological polar surface area (TPSA) is 49.7 Å². The lowest BCUT2D eigenvalue weighted by molar-refractivity contribution is 0.410. The maximum Gasteiger partial charge on any atom is 0.122 e. The third kappa shape index (κ3) is 2.69. The van der Waals surface area contributed by atoms with E-state index in [1.165, 1.54) is 6.07 Å². The second-order valence-electron chi connectivity index (χ2n) is 3.85. The number of phenols is 2. The van der Waals surface area contributed by atoms with E-state index in [1.54, 1.807) is 19.2 Å². The minimum absolute atomic E-state index is 0.0647. The van der Waals surface area contributed by atoms with Crippen LogP contribution in [0.15, 0.2) is 42.5 Å². The van der Waals surface area contributed by atoms with Gasteiger partial charge in [-0.05, 0) is 29.3 Å². The standard InChI is InChI=1S/C14H14O3/c1-17-14-5-3-2-4-11(14)6-10-7-12(15)9-13(16)8-10/h2-5,7-9,15-16H,6H2,1H3. The van der Waals surface area contributed by atoms with Gasteiger partial charge >= 0.3 is 0 Å². The molecule has 0 aliphatic heterocycles. The number of hydrogen-bond acceptors (Lipinski definition) is 3. The van der Waals surface area contributed by atoms with Crippen LogP contribution in [-0.2, 0) is 6.42 Å². The van der Waals surface area contributed by atoms with E-state index >= 15 is 0 Å². The number of rotatable bonds is 3.